The van der Waals surface area contributed by atoms with Crippen molar-refractivity contribution in [2.24, 2.45) is 5.73 Å². The first kappa shape index (κ1) is 9.41. The van der Waals surface area contributed by atoms with Gasteiger partial charge in [-0.1, -0.05) is 6.08 Å². The molecule has 0 bridgehead atoms. The van der Waals surface area contributed by atoms with Crippen molar-refractivity contribution < 1.29 is 0 Å². The molecule has 2 heteroatoms. The van der Waals surface area contributed by atoms with Gasteiger partial charge in [0, 0.05) is 12.2 Å². The number of nitrogens with zero attached hydrogens (tertiary/aromatic N) is 1. The largest absolute Gasteiger partial charge is 0.326 e. The second kappa shape index (κ2) is 3.54. The lowest BCUT2D eigenvalue weighted by atomic mass is 10.0. The average molecular weight is 188 g/mol. The van der Waals surface area contributed by atoms with E-state index in [-0.39, 0.29) is 0 Å². The number of fused-ring (bicyclic) bond motifs is 1. The fourth-order valence-electron chi connectivity index (χ4n) is 1.93. The Morgan fingerprint density at radius 3 is 2.93 bits per heavy atom. The van der Waals surface area contributed by atoms with Gasteiger partial charge in [0.15, 0.2) is 0 Å². The molecule has 0 radical (unpaired) electrons. The Morgan fingerprint density at radius 1 is 1.43 bits per heavy atom. The molecule has 14 heavy (non-hydrogen) atoms. The van der Waals surface area contributed by atoms with Crippen LogP contribution in [0.15, 0.2) is 6.07 Å². The summed E-state index contributed by atoms with van der Waals surface area (Å²) < 4.78 is 0. The summed E-state index contributed by atoms with van der Waals surface area (Å²) >= 11 is 0. The molecule has 0 unspecified atom stereocenters. The minimum Gasteiger partial charge on any atom is -0.326 e. The highest BCUT2D eigenvalue weighted by atomic mass is 14.7. The average Bonchev–Trinajstić information content (AvgIpc) is 2.19. The molecular formula is C12H16N2. The molecule has 0 saturated carbocycles. The first-order valence-electron chi connectivity index (χ1n) is 5.09. The molecule has 1 heterocycles. The molecule has 1 aromatic rings. The van der Waals surface area contributed by atoms with E-state index < -0.39 is 0 Å². The van der Waals surface area contributed by atoms with E-state index in [1.165, 1.54) is 16.1 Å². The van der Waals surface area contributed by atoms with Crippen molar-refractivity contribution in [3.05, 3.63) is 27.9 Å². The predicted molar refractivity (Wildman–Crippen MR) is 58.9 cm³/mol. The lowest BCUT2D eigenvalue weighted by Crippen LogP contribution is -2.34. The molecule has 1 aromatic heterocycles. The van der Waals surface area contributed by atoms with Crippen LogP contribution in [0.25, 0.3) is 11.6 Å². The maximum atomic E-state index is 5.66. The Labute approximate surface area is 84.2 Å². The highest BCUT2D eigenvalue weighted by Crippen LogP contribution is 2.06. The van der Waals surface area contributed by atoms with Crippen LogP contribution in [0, 0.1) is 6.92 Å². The quantitative estimate of drug-likeness (QED) is 0.700. The fourth-order valence-corrected chi connectivity index (χ4v) is 1.93. The van der Waals surface area contributed by atoms with Crippen LogP contribution in [0.4, 0.5) is 0 Å². The van der Waals surface area contributed by atoms with Crippen molar-refractivity contribution in [3.8, 4) is 0 Å². The van der Waals surface area contributed by atoms with Gasteiger partial charge < -0.3 is 5.73 Å². The molecule has 1 aliphatic carbocycles. The number of aromatic nitrogens is 1. The SMILES string of the molecule is CC1=c2nc(C)c(CN)cc2=CCC1. The molecule has 1 aliphatic rings. The molecule has 0 saturated heterocycles. The van der Waals surface area contributed by atoms with Crippen LogP contribution in [-0.2, 0) is 6.54 Å². The third-order valence-electron chi connectivity index (χ3n) is 2.86. The van der Waals surface area contributed by atoms with E-state index >= 15 is 0 Å². The number of pyridine rings is 1. The van der Waals surface area contributed by atoms with E-state index in [9.17, 15) is 0 Å². The van der Waals surface area contributed by atoms with Crippen molar-refractivity contribution in [1.82, 2.24) is 4.98 Å². The van der Waals surface area contributed by atoms with Gasteiger partial charge in [-0.3, -0.25) is 4.98 Å². The van der Waals surface area contributed by atoms with Gasteiger partial charge in [-0.2, -0.15) is 0 Å². The molecule has 0 fully saturated rings. The molecule has 0 aromatic carbocycles. The molecule has 2 rings (SSSR count). The number of aryl methyl sites for hydroxylation is 1. The minimum atomic E-state index is 0.582. The summed E-state index contributed by atoms with van der Waals surface area (Å²) in [4.78, 5) is 4.62. The molecule has 2 nitrogen and oxygen atoms in total. The topological polar surface area (TPSA) is 38.9 Å². The Hall–Kier alpha value is -1.15. The van der Waals surface area contributed by atoms with Crippen LogP contribution in [0.2, 0.25) is 0 Å². The number of nitrogens with two attached hydrogens (primary N) is 1. The normalized spacial score (nSPS) is 14.9. The zero-order valence-electron chi connectivity index (χ0n) is 8.80. The van der Waals surface area contributed by atoms with E-state index in [4.69, 9.17) is 5.73 Å². The smallest absolute Gasteiger partial charge is 0.0691 e. The number of rotatable bonds is 1. The zero-order chi connectivity index (χ0) is 10.1. The standard InChI is InChI=1S/C12H16N2/c1-8-4-3-5-10-6-11(7-13)9(2)14-12(8)10/h5-6H,3-4,7,13H2,1-2H3. The van der Waals surface area contributed by atoms with Gasteiger partial charge in [0.2, 0.25) is 0 Å². The summed E-state index contributed by atoms with van der Waals surface area (Å²) in [6.07, 6.45) is 4.53. The van der Waals surface area contributed by atoms with Crippen molar-refractivity contribution in [2.45, 2.75) is 33.2 Å². The predicted octanol–water partition coefficient (Wildman–Crippen LogP) is 0.594. The molecule has 2 N–H and O–H groups in total. The molecule has 0 spiro atoms. The molecule has 0 aliphatic heterocycles. The van der Waals surface area contributed by atoms with Crippen LogP contribution in [0.3, 0.4) is 0 Å². The molecule has 0 amide bonds. The lowest BCUT2D eigenvalue weighted by molar-refractivity contribution is 0.957. The maximum absolute atomic E-state index is 5.66. The Kier molecular flexibility index (Phi) is 2.38. The highest BCUT2D eigenvalue weighted by Gasteiger charge is 2.04. The summed E-state index contributed by atoms with van der Waals surface area (Å²) in [6.45, 7) is 4.78. The molecule has 74 valence electrons. The van der Waals surface area contributed by atoms with Gasteiger partial charge in [-0.15, -0.1) is 0 Å². The molecular weight excluding hydrogens is 172 g/mol. The first-order valence-corrected chi connectivity index (χ1v) is 5.09. The van der Waals surface area contributed by atoms with Crippen LogP contribution >= 0.6 is 0 Å². The lowest BCUT2D eigenvalue weighted by Gasteiger charge is -2.08. The monoisotopic (exact) mass is 188 g/mol. The van der Waals surface area contributed by atoms with Crippen LogP contribution < -0.4 is 16.3 Å². The second-order valence-electron chi connectivity index (χ2n) is 3.90. The van der Waals surface area contributed by atoms with Gasteiger partial charge in [0.1, 0.15) is 0 Å². The Bertz CT molecular complexity index is 472. The van der Waals surface area contributed by atoms with E-state index in [1.807, 2.05) is 6.92 Å². The van der Waals surface area contributed by atoms with Crippen molar-refractivity contribution in [3.63, 3.8) is 0 Å². The van der Waals surface area contributed by atoms with Gasteiger partial charge in [-0.05, 0) is 49.1 Å². The molecule has 0 atom stereocenters. The van der Waals surface area contributed by atoms with Crippen molar-refractivity contribution in [1.29, 1.82) is 0 Å². The van der Waals surface area contributed by atoms with Gasteiger partial charge >= 0.3 is 0 Å². The number of hydrogen-bond donors (Lipinski definition) is 1. The van der Waals surface area contributed by atoms with E-state index in [1.54, 1.807) is 0 Å². The summed E-state index contributed by atoms with van der Waals surface area (Å²) in [5, 5.41) is 2.44. The number of hydrogen-bond acceptors (Lipinski definition) is 2. The van der Waals surface area contributed by atoms with Crippen molar-refractivity contribution >= 4 is 11.6 Å². The van der Waals surface area contributed by atoms with E-state index in [0.29, 0.717) is 6.54 Å². The maximum Gasteiger partial charge on any atom is 0.0691 e. The van der Waals surface area contributed by atoms with Crippen molar-refractivity contribution in [2.75, 3.05) is 0 Å². The Balaban J connectivity index is 2.79. The summed E-state index contributed by atoms with van der Waals surface area (Å²) in [7, 11) is 0. The third kappa shape index (κ3) is 1.46. The van der Waals surface area contributed by atoms with E-state index in [0.717, 1.165) is 24.1 Å². The summed E-state index contributed by atoms with van der Waals surface area (Å²) in [6, 6.07) is 2.18. The van der Waals surface area contributed by atoms with Crippen LogP contribution in [0.5, 0.6) is 0 Å². The Morgan fingerprint density at radius 2 is 2.21 bits per heavy atom. The third-order valence-corrected chi connectivity index (χ3v) is 2.86. The van der Waals surface area contributed by atoms with Crippen LogP contribution in [-0.4, -0.2) is 4.98 Å². The van der Waals surface area contributed by atoms with Gasteiger partial charge in [0.05, 0.1) is 5.35 Å². The minimum absolute atomic E-state index is 0.582. The second-order valence-corrected chi connectivity index (χ2v) is 3.90. The fraction of sp³-hybridized carbons (Fsp3) is 0.417. The van der Waals surface area contributed by atoms with E-state index in [2.05, 4.69) is 24.1 Å². The van der Waals surface area contributed by atoms with Crippen LogP contribution in [0.1, 0.15) is 31.0 Å². The van der Waals surface area contributed by atoms with Gasteiger partial charge in [-0.25, -0.2) is 0 Å². The highest BCUT2D eigenvalue weighted by molar-refractivity contribution is 5.48. The first-order chi connectivity index (χ1) is 6.72. The van der Waals surface area contributed by atoms with Gasteiger partial charge in [0.25, 0.3) is 0 Å². The summed E-state index contributed by atoms with van der Waals surface area (Å²) in [5.74, 6) is 0. The summed E-state index contributed by atoms with van der Waals surface area (Å²) in [5.41, 5.74) is 9.29. The zero-order valence-corrected chi connectivity index (χ0v) is 8.80.